The van der Waals surface area contributed by atoms with Crippen LogP contribution in [0.25, 0.3) is 21.8 Å². The minimum Gasteiger partial charge on any atom is -0.381 e. The van der Waals surface area contributed by atoms with E-state index in [9.17, 15) is 24.0 Å². The quantitative estimate of drug-likeness (QED) is 0.0557. The number of aromatic nitrogens is 2. The Kier molecular flexibility index (Phi) is 14.4. The normalized spacial score (nSPS) is 20.0. The van der Waals surface area contributed by atoms with E-state index >= 15 is 0 Å². The predicted octanol–water partition coefficient (Wildman–Crippen LogP) is 7.07. The number of nitrogens with zero attached hydrogens (tertiary/aromatic N) is 4. The van der Waals surface area contributed by atoms with Crippen molar-refractivity contribution >= 4 is 51.1 Å². The van der Waals surface area contributed by atoms with E-state index in [-0.39, 0.29) is 41.8 Å². The first-order valence-corrected chi connectivity index (χ1v) is 25.0. The molecule has 4 N–H and O–H groups in total. The van der Waals surface area contributed by atoms with Gasteiger partial charge in [-0.25, -0.2) is 4.79 Å². The minimum atomic E-state index is -0.701. The number of aryl methyl sites for hydroxylation is 2. The van der Waals surface area contributed by atoms with Gasteiger partial charge >= 0.3 is 5.69 Å². The lowest BCUT2D eigenvalue weighted by molar-refractivity contribution is -0.136. The molecule has 0 bridgehead atoms. The monoisotopic (exact) mass is 919 g/mol. The molecule has 4 aromatic carbocycles. The zero-order chi connectivity index (χ0) is 47.3. The second kappa shape index (κ2) is 21.0. The van der Waals surface area contributed by atoms with Crippen LogP contribution in [0.4, 0.5) is 5.69 Å². The summed E-state index contributed by atoms with van der Waals surface area (Å²) in [5, 5.41) is 14.8. The Morgan fingerprint density at radius 3 is 2.40 bits per heavy atom. The average molecular weight is 919 g/mol. The zero-order valence-corrected chi connectivity index (χ0v) is 39.9. The van der Waals surface area contributed by atoms with Crippen LogP contribution >= 0.6 is 0 Å². The van der Waals surface area contributed by atoms with Crippen molar-refractivity contribution in [2.24, 2.45) is 13.0 Å². The van der Waals surface area contributed by atoms with Gasteiger partial charge in [0, 0.05) is 68.3 Å². The van der Waals surface area contributed by atoms with Gasteiger partial charge in [-0.2, -0.15) is 0 Å². The minimum absolute atomic E-state index is 0.0746. The Morgan fingerprint density at radius 2 is 1.63 bits per heavy atom. The highest BCUT2D eigenvalue weighted by Crippen LogP contribution is 2.33. The molecule has 4 amide bonds. The Morgan fingerprint density at radius 1 is 0.838 bits per heavy atom. The third-order valence-electron chi connectivity index (χ3n) is 15.0. The number of hydrogen-bond donors (Lipinski definition) is 4. The number of anilines is 1. The zero-order valence-electron chi connectivity index (χ0n) is 39.9. The number of unbranched alkanes of at least 4 members (excludes halogenated alkanes) is 2. The first-order valence-electron chi connectivity index (χ1n) is 25.0. The molecular formula is C55H66N8O5. The number of benzene rings is 4. The maximum Gasteiger partial charge on any atom is 0.329 e. The van der Waals surface area contributed by atoms with Crippen LogP contribution in [-0.4, -0.2) is 94.4 Å². The maximum atomic E-state index is 13.6. The molecule has 68 heavy (non-hydrogen) atoms. The predicted molar refractivity (Wildman–Crippen MR) is 268 cm³/mol. The highest BCUT2D eigenvalue weighted by molar-refractivity contribution is 6.00. The topological polar surface area (TPSA) is 150 Å². The van der Waals surface area contributed by atoms with Gasteiger partial charge in [0.25, 0.3) is 5.91 Å². The smallest absolute Gasteiger partial charge is 0.329 e. The highest BCUT2D eigenvalue weighted by atomic mass is 16.2. The molecule has 1 aromatic heterocycles. The maximum absolute atomic E-state index is 13.6. The third-order valence-corrected chi connectivity index (χ3v) is 15.0. The lowest BCUT2D eigenvalue weighted by atomic mass is 9.89. The van der Waals surface area contributed by atoms with Crippen LogP contribution in [0.3, 0.4) is 0 Å². The van der Waals surface area contributed by atoms with Crippen LogP contribution in [0.2, 0.25) is 0 Å². The number of carbonyl (C=O) groups excluding carboxylic acids is 4. The fourth-order valence-corrected chi connectivity index (χ4v) is 10.9. The van der Waals surface area contributed by atoms with E-state index in [4.69, 9.17) is 0 Å². The molecule has 4 aliphatic rings. The fraction of sp³-hybridized carbons (Fsp3) is 0.473. The van der Waals surface area contributed by atoms with E-state index < -0.39 is 11.9 Å². The molecule has 0 spiro atoms. The second-order valence-corrected chi connectivity index (χ2v) is 19.6. The summed E-state index contributed by atoms with van der Waals surface area (Å²) in [7, 11) is 1.72. The third kappa shape index (κ3) is 10.4. The van der Waals surface area contributed by atoms with Gasteiger partial charge in [0.05, 0.1) is 17.1 Å². The van der Waals surface area contributed by atoms with Crippen molar-refractivity contribution in [2.45, 2.75) is 109 Å². The molecule has 0 radical (unpaired) electrons. The molecule has 5 heterocycles. The van der Waals surface area contributed by atoms with Gasteiger partial charge in [0.2, 0.25) is 17.7 Å². The molecule has 4 fully saturated rings. The summed E-state index contributed by atoms with van der Waals surface area (Å²) in [5.41, 5.74) is 7.06. The van der Waals surface area contributed by atoms with Gasteiger partial charge < -0.3 is 25.8 Å². The van der Waals surface area contributed by atoms with E-state index in [2.05, 4.69) is 93.5 Å². The summed E-state index contributed by atoms with van der Waals surface area (Å²) < 4.78 is 3.11. The number of nitrogens with one attached hydrogen (secondary N) is 4. The van der Waals surface area contributed by atoms with Crippen LogP contribution in [0.1, 0.15) is 128 Å². The molecule has 9 rings (SSSR count). The average Bonchev–Trinajstić information content (AvgIpc) is 3.96. The van der Waals surface area contributed by atoms with Crippen molar-refractivity contribution in [3.8, 4) is 11.8 Å². The highest BCUT2D eigenvalue weighted by Gasteiger charge is 2.32. The van der Waals surface area contributed by atoms with Crippen LogP contribution in [0.15, 0.2) is 77.6 Å². The van der Waals surface area contributed by atoms with E-state index in [0.29, 0.717) is 35.9 Å². The standard InChI is InChI=1S/C55H66N8O5/c1-36-12-17-42(58-43-22-27-56-35-43)34-47(36)53(66)57-37(2)44-18-15-40(45-9-6-7-10-46(44)45)14-13-38-23-29-61(30-24-38)28-8-4-5-11-52(65)62-31-25-39(26-32-62)41-16-19-48-50(33-41)60(3)55(68)63(48)49-20-21-51(64)59-54(49)67/h6-7,9-10,12,15-19,33-34,37-39,43,49,56,58H,4-5,8,11,20-32,35H2,1-3H3,(H,57,66)(H,59,64,67)/t37?,43-,49?/m1/s1. The van der Waals surface area contributed by atoms with Crippen molar-refractivity contribution < 1.29 is 19.2 Å². The first kappa shape index (κ1) is 46.9. The number of imidazole rings is 1. The molecule has 3 atom stereocenters. The molecule has 5 aromatic rings. The summed E-state index contributed by atoms with van der Waals surface area (Å²) in [6.45, 7) is 10.6. The van der Waals surface area contributed by atoms with Crippen molar-refractivity contribution in [3.05, 3.63) is 111 Å². The number of carbonyl (C=O) groups is 4. The Balaban J connectivity index is 0.697. The molecule has 0 saturated carbocycles. The van der Waals surface area contributed by atoms with E-state index in [1.54, 1.807) is 11.6 Å². The molecule has 13 heteroatoms. The Labute approximate surface area is 399 Å². The molecule has 13 nitrogen and oxygen atoms in total. The number of fused-ring (bicyclic) bond motifs is 2. The van der Waals surface area contributed by atoms with Gasteiger partial charge in [0.15, 0.2) is 0 Å². The van der Waals surface area contributed by atoms with Crippen LogP contribution < -0.4 is 27.0 Å². The van der Waals surface area contributed by atoms with Gasteiger partial charge in [-0.3, -0.25) is 33.6 Å². The van der Waals surface area contributed by atoms with Crippen LogP contribution in [0.5, 0.6) is 0 Å². The lowest BCUT2D eigenvalue weighted by Crippen LogP contribution is -2.44. The van der Waals surface area contributed by atoms with Gasteiger partial charge in [-0.05, 0) is 155 Å². The van der Waals surface area contributed by atoms with Crippen molar-refractivity contribution in [1.29, 1.82) is 0 Å². The number of piperidine rings is 3. The molecule has 356 valence electrons. The molecular weight excluding hydrogens is 853 g/mol. The molecule has 4 saturated heterocycles. The molecule has 0 aliphatic carbocycles. The summed E-state index contributed by atoms with van der Waals surface area (Å²) in [4.78, 5) is 69.0. The number of hydrogen-bond acceptors (Lipinski definition) is 8. The van der Waals surface area contributed by atoms with E-state index in [0.717, 1.165) is 141 Å². The van der Waals surface area contributed by atoms with Crippen molar-refractivity contribution in [3.63, 3.8) is 0 Å². The Hall–Kier alpha value is -6.23. The molecule has 2 unspecified atom stereocenters. The Bertz CT molecular complexity index is 2810. The first-order chi connectivity index (χ1) is 33.0. The van der Waals surface area contributed by atoms with Crippen LogP contribution in [-0.2, 0) is 21.4 Å². The summed E-state index contributed by atoms with van der Waals surface area (Å²) in [6.07, 6.45) is 9.04. The summed E-state index contributed by atoms with van der Waals surface area (Å²) >= 11 is 0. The summed E-state index contributed by atoms with van der Waals surface area (Å²) in [5.74, 6) is 7.23. The lowest BCUT2D eigenvalue weighted by Gasteiger charge is -2.32. The van der Waals surface area contributed by atoms with E-state index in [1.807, 2.05) is 36.1 Å². The van der Waals surface area contributed by atoms with Gasteiger partial charge in [-0.1, -0.05) is 60.7 Å². The van der Waals surface area contributed by atoms with Crippen LogP contribution in [0, 0.1) is 24.7 Å². The second-order valence-electron chi connectivity index (χ2n) is 19.6. The van der Waals surface area contributed by atoms with Gasteiger partial charge in [0.1, 0.15) is 6.04 Å². The van der Waals surface area contributed by atoms with Gasteiger partial charge in [-0.15, -0.1) is 0 Å². The fourth-order valence-electron chi connectivity index (χ4n) is 10.9. The summed E-state index contributed by atoms with van der Waals surface area (Å²) in [6, 6.07) is 24.2. The number of likely N-dealkylation sites (tertiary alicyclic amines) is 2. The van der Waals surface area contributed by atoms with Crippen molar-refractivity contribution in [1.82, 2.24) is 34.9 Å². The SMILES string of the molecule is Cc1ccc(N[C@@H]2CCNC2)cc1C(=O)NC(C)c1ccc(C#CC2CCN(CCCCCC(=O)N3CCC(c4ccc5c(c4)n(C)c(=O)n5C4CCC(=O)NC4=O)CC3)CC2)c2ccccc12. The number of rotatable bonds is 13. The van der Waals surface area contributed by atoms with E-state index in [1.165, 1.54) is 4.57 Å². The largest absolute Gasteiger partial charge is 0.381 e. The number of amides is 4. The molecule has 4 aliphatic heterocycles. The number of imide groups is 1. The van der Waals surface area contributed by atoms with Crippen molar-refractivity contribution in [2.75, 3.05) is 51.1 Å².